The third kappa shape index (κ3) is 1.59. The zero-order valence-corrected chi connectivity index (χ0v) is 9.02. The molecule has 1 aromatic heterocycles. The summed E-state index contributed by atoms with van der Waals surface area (Å²) in [5.74, 6) is -0.320. The predicted octanol–water partition coefficient (Wildman–Crippen LogP) is 0.778. The molecular formula is C10H12N4O2. The Balaban J connectivity index is 2.53. The van der Waals surface area contributed by atoms with E-state index in [1.807, 2.05) is 0 Å². The van der Waals surface area contributed by atoms with E-state index >= 15 is 0 Å². The minimum atomic E-state index is -0.320. The van der Waals surface area contributed by atoms with Crippen LogP contribution in [0.2, 0.25) is 0 Å². The fraction of sp³-hybridized carbons (Fsp3) is 0.200. The normalized spacial score (nSPS) is 10.6. The van der Waals surface area contributed by atoms with Gasteiger partial charge in [0.15, 0.2) is 5.69 Å². The summed E-state index contributed by atoms with van der Waals surface area (Å²) in [5.41, 5.74) is 7.31. The summed E-state index contributed by atoms with van der Waals surface area (Å²) < 4.78 is 0. The Hall–Kier alpha value is -2.08. The summed E-state index contributed by atoms with van der Waals surface area (Å²) in [5, 5.41) is 8.52. The van der Waals surface area contributed by atoms with E-state index in [1.54, 1.807) is 18.2 Å². The monoisotopic (exact) mass is 220 g/mol. The fourth-order valence-electron chi connectivity index (χ4n) is 1.43. The van der Waals surface area contributed by atoms with E-state index in [0.29, 0.717) is 16.8 Å². The molecule has 1 heterocycles. The molecule has 0 aliphatic carbocycles. The molecule has 0 bridgehead atoms. The van der Waals surface area contributed by atoms with Crippen molar-refractivity contribution in [2.45, 2.75) is 0 Å². The molecule has 16 heavy (non-hydrogen) atoms. The number of H-pyrrole nitrogens is 1. The molecule has 1 aromatic carbocycles. The highest BCUT2D eigenvalue weighted by molar-refractivity contribution is 6.04. The number of carbonyl (C=O) groups excluding carboxylic acids is 1. The summed E-state index contributed by atoms with van der Waals surface area (Å²) in [6.07, 6.45) is 0. The summed E-state index contributed by atoms with van der Waals surface area (Å²) in [7, 11) is 2.94. The SMILES string of the molecule is CON(C)C(=O)c1n[nH]c2ccc(N)cc12. The number of anilines is 1. The molecule has 2 aromatic rings. The minimum absolute atomic E-state index is 0.298. The lowest BCUT2D eigenvalue weighted by Gasteiger charge is -2.11. The molecule has 0 saturated carbocycles. The number of nitrogens with two attached hydrogens (primary N) is 1. The van der Waals surface area contributed by atoms with Gasteiger partial charge in [0, 0.05) is 18.1 Å². The Kier molecular flexibility index (Phi) is 2.49. The van der Waals surface area contributed by atoms with E-state index in [0.717, 1.165) is 10.6 Å². The quantitative estimate of drug-likeness (QED) is 0.578. The van der Waals surface area contributed by atoms with Gasteiger partial charge in [0.05, 0.1) is 12.6 Å². The highest BCUT2D eigenvalue weighted by atomic mass is 16.7. The second kappa shape index (κ2) is 3.82. The largest absolute Gasteiger partial charge is 0.399 e. The van der Waals surface area contributed by atoms with Gasteiger partial charge in [-0.3, -0.25) is 14.7 Å². The van der Waals surface area contributed by atoms with Crippen molar-refractivity contribution in [1.82, 2.24) is 15.3 Å². The number of nitrogen functional groups attached to an aromatic ring is 1. The van der Waals surface area contributed by atoms with Crippen LogP contribution >= 0.6 is 0 Å². The first-order chi connectivity index (χ1) is 7.63. The zero-order valence-electron chi connectivity index (χ0n) is 9.02. The Morgan fingerprint density at radius 2 is 2.31 bits per heavy atom. The van der Waals surface area contributed by atoms with Crippen LogP contribution < -0.4 is 5.73 Å². The molecule has 6 heteroatoms. The van der Waals surface area contributed by atoms with E-state index < -0.39 is 0 Å². The van der Waals surface area contributed by atoms with Crippen molar-refractivity contribution >= 4 is 22.5 Å². The van der Waals surface area contributed by atoms with Gasteiger partial charge in [0.25, 0.3) is 5.91 Å². The lowest BCUT2D eigenvalue weighted by Crippen LogP contribution is -2.25. The van der Waals surface area contributed by atoms with E-state index in [2.05, 4.69) is 10.2 Å². The lowest BCUT2D eigenvalue weighted by molar-refractivity contribution is -0.0759. The van der Waals surface area contributed by atoms with Crippen LogP contribution in [-0.4, -0.2) is 35.3 Å². The molecule has 2 rings (SSSR count). The van der Waals surface area contributed by atoms with Gasteiger partial charge in [-0.15, -0.1) is 0 Å². The summed E-state index contributed by atoms with van der Waals surface area (Å²) in [6, 6.07) is 5.23. The molecule has 0 atom stereocenters. The first-order valence-electron chi connectivity index (χ1n) is 4.69. The van der Waals surface area contributed by atoms with E-state index in [-0.39, 0.29) is 5.91 Å². The highest BCUT2D eigenvalue weighted by Gasteiger charge is 2.18. The van der Waals surface area contributed by atoms with Crippen LogP contribution in [-0.2, 0) is 4.84 Å². The van der Waals surface area contributed by atoms with E-state index in [1.165, 1.54) is 14.2 Å². The number of amides is 1. The molecule has 0 radical (unpaired) electrons. The molecule has 84 valence electrons. The van der Waals surface area contributed by atoms with Gasteiger partial charge in [0.2, 0.25) is 0 Å². The lowest BCUT2D eigenvalue weighted by atomic mass is 10.2. The van der Waals surface area contributed by atoms with Crippen LogP contribution in [0.25, 0.3) is 10.9 Å². The van der Waals surface area contributed by atoms with Crippen molar-refractivity contribution in [3.63, 3.8) is 0 Å². The van der Waals surface area contributed by atoms with Crippen molar-refractivity contribution in [2.24, 2.45) is 0 Å². The van der Waals surface area contributed by atoms with Gasteiger partial charge in [-0.05, 0) is 18.2 Å². The van der Waals surface area contributed by atoms with Gasteiger partial charge >= 0.3 is 0 Å². The van der Waals surface area contributed by atoms with E-state index in [9.17, 15) is 4.79 Å². The Bertz CT molecular complexity index is 535. The molecule has 0 fully saturated rings. The average molecular weight is 220 g/mol. The predicted molar refractivity (Wildman–Crippen MR) is 59.6 cm³/mol. The molecule has 3 N–H and O–H groups in total. The Morgan fingerprint density at radius 1 is 1.56 bits per heavy atom. The standard InChI is InChI=1S/C10H12N4O2/c1-14(16-2)10(15)9-7-5-6(11)3-4-8(7)12-13-9/h3-5H,11H2,1-2H3,(H,12,13). The molecule has 6 nitrogen and oxygen atoms in total. The third-order valence-corrected chi connectivity index (χ3v) is 2.35. The molecule has 1 amide bonds. The number of nitrogens with one attached hydrogen (secondary N) is 1. The Morgan fingerprint density at radius 3 is 3.00 bits per heavy atom. The van der Waals surface area contributed by atoms with Gasteiger partial charge in [-0.2, -0.15) is 5.10 Å². The van der Waals surface area contributed by atoms with Crippen LogP contribution in [0.15, 0.2) is 18.2 Å². The average Bonchev–Trinajstić information content (AvgIpc) is 2.69. The molecule has 0 aliphatic heterocycles. The third-order valence-electron chi connectivity index (χ3n) is 2.35. The van der Waals surface area contributed by atoms with Gasteiger partial charge in [-0.25, -0.2) is 5.06 Å². The van der Waals surface area contributed by atoms with Crippen molar-refractivity contribution in [2.75, 3.05) is 19.9 Å². The van der Waals surface area contributed by atoms with Crippen LogP contribution in [0, 0.1) is 0 Å². The van der Waals surface area contributed by atoms with Gasteiger partial charge < -0.3 is 5.73 Å². The summed E-state index contributed by atoms with van der Waals surface area (Å²) in [4.78, 5) is 16.7. The number of benzene rings is 1. The van der Waals surface area contributed by atoms with Gasteiger partial charge in [0.1, 0.15) is 0 Å². The molecule has 0 aliphatic rings. The number of carbonyl (C=O) groups is 1. The maximum Gasteiger partial charge on any atom is 0.298 e. The number of hydroxylamine groups is 2. The van der Waals surface area contributed by atoms with Crippen LogP contribution in [0.5, 0.6) is 0 Å². The van der Waals surface area contributed by atoms with Crippen molar-refractivity contribution in [3.05, 3.63) is 23.9 Å². The highest BCUT2D eigenvalue weighted by Crippen LogP contribution is 2.19. The topological polar surface area (TPSA) is 84.2 Å². The smallest absolute Gasteiger partial charge is 0.298 e. The van der Waals surface area contributed by atoms with E-state index in [4.69, 9.17) is 10.6 Å². The number of hydrogen-bond acceptors (Lipinski definition) is 4. The van der Waals surface area contributed by atoms with Crippen molar-refractivity contribution in [1.29, 1.82) is 0 Å². The maximum absolute atomic E-state index is 11.8. The van der Waals surface area contributed by atoms with Crippen LogP contribution in [0.1, 0.15) is 10.5 Å². The fourth-order valence-corrected chi connectivity index (χ4v) is 1.43. The number of aromatic nitrogens is 2. The number of nitrogens with zero attached hydrogens (tertiary/aromatic N) is 2. The summed E-state index contributed by atoms with van der Waals surface area (Å²) >= 11 is 0. The number of rotatable bonds is 2. The summed E-state index contributed by atoms with van der Waals surface area (Å²) in [6.45, 7) is 0. The van der Waals surface area contributed by atoms with Crippen LogP contribution in [0.4, 0.5) is 5.69 Å². The second-order valence-electron chi connectivity index (χ2n) is 3.36. The Labute approximate surface area is 91.9 Å². The van der Waals surface area contributed by atoms with Crippen LogP contribution in [0.3, 0.4) is 0 Å². The van der Waals surface area contributed by atoms with Crippen molar-refractivity contribution < 1.29 is 9.63 Å². The first-order valence-corrected chi connectivity index (χ1v) is 4.69. The van der Waals surface area contributed by atoms with Crippen molar-refractivity contribution in [3.8, 4) is 0 Å². The molecule has 0 unspecified atom stereocenters. The number of fused-ring (bicyclic) bond motifs is 1. The minimum Gasteiger partial charge on any atom is -0.399 e. The molecule has 0 saturated heterocycles. The van der Waals surface area contributed by atoms with Gasteiger partial charge in [-0.1, -0.05) is 0 Å². The first kappa shape index (κ1) is 10.4. The molecule has 0 spiro atoms. The zero-order chi connectivity index (χ0) is 11.7. The maximum atomic E-state index is 11.8. The number of hydrogen-bond donors (Lipinski definition) is 2. The number of aromatic amines is 1. The second-order valence-corrected chi connectivity index (χ2v) is 3.36. The molecular weight excluding hydrogens is 208 g/mol.